The number of rotatable bonds is 6. The van der Waals surface area contributed by atoms with Crippen molar-refractivity contribution in [1.82, 2.24) is 25.0 Å². The van der Waals surface area contributed by atoms with Crippen LogP contribution in [0, 0.1) is 11.3 Å². The summed E-state index contributed by atoms with van der Waals surface area (Å²) in [5.74, 6) is 0. The molecule has 0 amide bonds. The van der Waals surface area contributed by atoms with E-state index in [9.17, 15) is 15.3 Å². The molecule has 0 spiro atoms. The van der Waals surface area contributed by atoms with Crippen LogP contribution in [0.4, 0.5) is 0 Å². The highest BCUT2D eigenvalue weighted by atomic mass is 32.2. The van der Waals surface area contributed by atoms with E-state index >= 15 is 0 Å². The van der Waals surface area contributed by atoms with Crippen molar-refractivity contribution in [2.24, 2.45) is 0 Å². The smallest absolute Gasteiger partial charge is 0.271 e. The molecule has 0 saturated carbocycles. The minimum absolute atomic E-state index is 0.0876. The number of aromatic nitrogens is 5. The lowest BCUT2D eigenvalue weighted by Gasteiger charge is -2.43. The van der Waals surface area contributed by atoms with E-state index in [0.717, 1.165) is 11.3 Å². The first-order chi connectivity index (χ1) is 15.0. The van der Waals surface area contributed by atoms with Crippen LogP contribution in [0.1, 0.15) is 11.6 Å². The van der Waals surface area contributed by atoms with Crippen LogP contribution in [0.5, 0.6) is 5.19 Å². The third-order valence-electron chi connectivity index (χ3n) is 4.76. The Morgan fingerprint density at radius 1 is 1.39 bits per heavy atom. The Morgan fingerprint density at radius 3 is 2.90 bits per heavy atom. The number of methoxy groups -OCH3 is 1. The molecule has 0 aromatic carbocycles. The Bertz CT molecular complexity index is 1090. The molecular weight excluding hydrogens is 444 g/mol. The quantitative estimate of drug-likeness (QED) is 0.475. The molecule has 0 bridgehead atoms. The zero-order chi connectivity index (χ0) is 22.0. The number of hydrogen-bond acceptors (Lipinski definition) is 12. The van der Waals surface area contributed by atoms with Gasteiger partial charge in [-0.2, -0.15) is 5.26 Å². The molecule has 1 saturated heterocycles. The highest BCUT2D eigenvalue weighted by molar-refractivity contribution is 7.99. The van der Waals surface area contributed by atoms with Crippen molar-refractivity contribution in [3.63, 3.8) is 0 Å². The minimum Gasteiger partial charge on any atom is -0.486 e. The first-order valence-electron chi connectivity index (χ1n) is 9.09. The summed E-state index contributed by atoms with van der Waals surface area (Å²) in [5, 5.41) is 49.0. The normalized spacial score (nSPS) is 25.9. The Morgan fingerprint density at radius 2 is 2.23 bits per heavy atom. The zero-order valence-electron chi connectivity index (χ0n) is 16.1. The first kappa shape index (κ1) is 21.6. The van der Waals surface area contributed by atoms with Gasteiger partial charge >= 0.3 is 0 Å². The van der Waals surface area contributed by atoms with Gasteiger partial charge in [-0.25, -0.2) is 9.67 Å². The Hall–Kier alpha value is -2.60. The fourth-order valence-electron chi connectivity index (χ4n) is 3.31. The van der Waals surface area contributed by atoms with E-state index in [1.807, 2.05) is 6.07 Å². The molecule has 1 aliphatic rings. The molecule has 11 nitrogen and oxygen atoms in total. The number of nitriles is 1. The van der Waals surface area contributed by atoms with Crippen LogP contribution >= 0.6 is 23.1 Å². The molecule has 162 valence electrons. The molecule has 5 atom stereocenters. The van der Waals surface area contributed by atoms with Crippen LogP contribution in [0.2, 0.25) is 0 Å². The monoisotopic (exact) mass is 462 g/mol. The van der Waals surface area contributed by atoms with Crippen molar-refractivity contribution >= 4 is 23.1 Å². The van der Waals surface area contributed by atoms with Crippen LogP contribution < -0.4 is 0 Å². The van der Waals surface area contributed by atoms with Crippen molar-refractivity contribution in [3.05, 3.63) is 35.6 Å². The number of pyridine rings is 1. The molecule has 3 aromatic rings. The van der Waals surface area contributed by atoms with Crippen molar-refractivity contribution in [1.29, 1.82) is 5.26 Å². The Kier molecular flexibility index (Phi) is 6.46. The number of thiazole rings is 1. The lowest BCUT2D eigenvalue weighted by molar-refractivity contribution is -0.186. The highest BCUT2D eigenvalue weighted by Crippen LogP contribution is 2.39. The van der Waals surface area contributed by atoms with Crippen molar-refractivity contribution < 1.29 is 24.8 Å². The zero-order valence-corrected chi connectivity index (χ0v) is 17.8. The van der Waals surface area contributed by atoms with Gasteiger partial charge in [0.2, 0.25) is 0 Å². The van der Waals surface area contributed by atoms with Gasteiger partial charge in [-0.1, -0.05) is 28.3 Å². The molecular formula is C18H18N6O5S2. The fourth-order valence-corrected chi connectivity index (χ4v) is 5.04. The van der Waals surface area contributed by atoms with Gasteiger partial charge in [0.05, 0.1) is 18.4 Å². The summed E-state index contributed by atoms with van der Waals surface area (Å²) in [4.78, 5) is 8.70. The van der Waals surface area contributed by atoms with Gasteiger partial charge in [0.1, 0.15) is 47.2 Å². The van der Waals surface area contributed by atoms with Crippen molar-refractivity contribution in [2.75, 3.05) is 13.7 Å². The summed E-state index contributed by atoms with van der Waals surface area (Å²) in [6.07, 6.45) is 1.94. The molecule has 3 unspecified atom stereocenters. The summed E-state index contributed by atoms with van der Waals surface area (Å²) in [7, 11) is 1.49. The maximum Gasteiger partial charge on any atom is 0.271 e. The molecule has 3 N–H and O–H groups in total. The largest absolute Gasteiger partial charge is 0.486 e. The maximum absolute atomic E-state index is 10.9. The summed E-state index contributed by atoms with van der Waals surface area (Å²) in [6.45, 7) is -0.414. The number of aromatic hydroxyl groups is 1. The molecule has 13 heteroatoms. The van der Waals surface area contributed by atoms with Crippen LogP contribution in [0.15, 0.2) is 34.9 Å². The third-order valence-corrected chi connectivity index (χ3v) is 6.51. The number of hydrogen-bond donors (Lipinski definition) is 3. The number of nitrogens with zero attached hydrogens (tertiary/aromatic N) is 6. The van der Waals surface area contributed by atoms with Crippen LogP contribution in [-0.2, 0) is 9.47 Å². The number of aliphatic hydroxyl groups excluding tert-OH is 2. The van der Waals surface area contributed by atoms with Gasteiger partial charge in [-0.15, -0.1) is 5.10 Å². The summed E-state index contributed by atoms with van der Waals surface area (Å²) in [5.41, 5.74) is 0.633. The van der Waals surface area contributed by atoms with Crippen LogP contribution in [-0.4, -0.2) is 77.7 Å². The predicted octanol–water partition coefficient (Wildman–Crippen LogP) is 0.800. The SMILES string of the molecule is COC1C(n2cc(-c3csc(O)n3)nn2)[C@@H](O)C(CO)O[C@@H]1Sc1cncc(C#N)c1. The Balaban J connectivity index is 1.65. The number of thioether (sulfide) groups is 1. The molecule has 4 rings (SSSR count). The second kappa shape index (κ2) is 9.27. The van der Waals surface area contributed by atoms with Gasteiger partial charge in [0.15, 0.2) is 0 Å². The average molecular weight is 463 g/mol. The summed E-state index contributed by atoms with van der Waals surface area (Å²) < 4.78 is 13.0. The first-order valence-corrected chi connectivity index (χ1v) is 10.9. The van der Waals surface area contributed by atoms with E-state index in [4.69, 9.17) is 14.7 Å². The van der Waals surface area contributed by atoms with E-state index in [2.05, 4.69) is 20.3 Å². The lowest BCUT2D eigenvalue weighted by atomic mass is 9.97. The lowest BCUT2D eigenvalue weighted by Crippen LogP contribution is -2.55. The molecule has 3 aromatic heterocycles. The van der Waals surface area contributed by atoms with Gasteiger partial charge in [0, 0.05) is 29.8 Å². The second-order valence-corrected chi connectivity index (χ2v) is 8.65. The van der Waals surface area contributed by atoms with E-state index in [1.165, 1.54) is 29.8 Å². The third kappa shape index (κ3) is 4.40. The van der Waals surface area contributed by atoms with Gasteiger partial charge in [0.25, 0.3) is 5.19 Å². The van der Waals surface area contributed by atoms with E-state index in [0.29, 0.717) is 21.8 Å². The van der Waals surface area contributed by atoms with Crippen LogP contribution in [0.25, 0.3) is 11.4 Å². The van der Waals surface area contributed by atoms with E-state index in [-0.39, 0.29) is 5.19 Å². The summed E-state index contributed by atoms with van der Waals surface area (Å²) >= 11 is 2.33. The maximum atomic E-state index is 10.9. The molecule has 0 aliphatic carbocycles. The van der Waals surface area contributed by atoms with Gasteiger partial charge in [-0.05, 0) is 6.07 Å². The Labute approximate surface area is 184 Å². The van der Waals surface area contributed by atoms with Crippen molar-refractivity contribution in [3.8, 4) is 22.7 Å². The van der Waals surface area contributed by atoms with Crippen molar-refractivity contribution in [2.45, 2.75) is 34.7 Å². The van der Waals surface area contributed by atoms with Gasteiger partial charge < -0.3 is 24.8 Å². The molecule has 0 radical (unpaired) electrons. The molecule has 1 fully saturated rings. The minimum atomic E-state index is -1.13. The molecule has 1 aliphatic heterocycles. The van der Waals surface area contributed by atoms with E-state index < -0.39 is 36.4 Å². The predicted molar refractivity (Wildman–Crippen MR) is 109 cm³/mol. The number of aliphatic hydroxyl groups is 2. The standard InChI is InChI=1S/C18H18N6O5S2/c1-28-16-14(24-6-11(22-23-24)12-8-30-18(27)21-12)15(26)13(7-25)29-17(16)31-10-2-9(3-19)4-20-5-10/h2,4-6,8,13-17,25-26H,7H2,1H3,(H,21,27)/t13?,14?,15-,16?,17+/m0/s1. The highest BCUT2D eigenvalue weighted by Gasteiger charge is 2.47. The molecule has 4 heterocycles. The fraction of sp³-hybridized carbons (Fsp3) is 0.389. The van der Waals surface area contributed by atoms with Crippen LogP contribution in [0.3, 0.4) is 0 Å². The molecule has 31 heavy (non-hydrogen) atoms. The number of ether oxygens (including phenoxy) is 2. The second-order valence-electron chi connectivity index (χ2n) is 6.65. The summed E-state index contributed by atoms with van der Waals surface area (Å²) in [6, 6.07) is 2.98. The average Bonchev–Trinajstić information content (AvgIpc) is 3.43. The van der Waals surface area contributed by atoms with Gasteiger partial charge in [-0.3, -0.25) is 4.98 Å². The van der Waals surface area contributed by atoms with E-state index in [1.54, 1.807) is 23.8 Å². The topological polar surface area (TPSA) is 159 Å².